The van der Waals surface area contributed by atoms with Gasteiger partial charge in [0.1, 0.15) is 16.4 Å². The fourth-order valence-electron chi connectivity index (χ4n) is 4.84. The minimum Gasteiger partial charge on any atom is -0.492 e. The molecule has 0 bridgehead atoms. The number of carbonyl (C=O) groups excluding carboxylic acids is 1. The molecule has 1 saturated heterocycles. The zero-order valence-corrected chi connectivity index (χ0v) is 20.2. The fraction of sp³-hybridized carbons (Fsp3) is 0.346. The molecule has 34 heavy (non-hydrogen) atoms. The van der Waals surface area contributed by atoms with E-state index < -0.39 is 15.4 Å². The van der Waals surface area contributed by atoms with E-state index in [0.29, 0.717) is 38.1 Å². The number of benzene rings is 2. The first kappa shape index (κ1) is 22.5. The van der Waals surface area contributed by atoms with Crippen molar-refractivity contribution in [2.45, 2.75) is 36.7 Å². The molecule has 178 valence electrons. The van der Waals surface area contributed by atoms with Crippen LogP contribution in [0.5, 0.6) is 11.5 Å². The van der Waals surface area contributed by atoms with Crippen molar-refractivity contribution in [3.8, 4) is 17.2 Å². The van der Waals surface area contributed by atoms with Gasteiger partial charge in [-0.25, -0.2) is 8.42 Å². The van der Waals surface area contributed by atoms with E-state index in [0.717, 1.165) is 29.8 Å². The van der Waals surface area contributed by atoms with Gasteiger partial charge in [-0.2, -0.15) is 0 Å². The van der Waals surface area contributed by atoms with Gasteiger partial charge in [0.05, 0.1) is 18.0 Å². The highest BCUT2D eigenvalue weighted by atomic mass is 32.2. The van der Waals surface area contributed by atoms with Crippen LogP contribution in [0.1, 0.15) is 42.2 Å². The predicted molar refractivity (Wildman–Crippen MR) is 129 cm³/mol. The monoisotopic (exact) mass is 480 g/mol. The van der Waals surface area contributed by atoms with E-state index in [4.69, 9.17) is 9.47 Å². The lowest BCUT2D eigenvalue weighted by Crippen LogP contribution is -2.50. The molecule has 1 amide bonds. The highest BCUT2D eigenvalue weighted by Crippen LogP contribution is 2.45. The lowest BCUT2D eigenvalue weighted by Gasteiger charge is -2.45. The second-order valence-corrected chi connectivity index (χ2v) is 10.9. The van der Waals surface area contributed by atoms with Gasteiger partial charge in [-0.3, -0.25) is 4.79 Å². The molecule has 0 N–H and O–H groups in total. The topological polar surface area (TPSA) is 77.8 Å². The van der Waals surface area contributed by atoms with Gasteiger partial charge < -0.3 is 18.9 Å². The number of fused-ring (bicyclic) bond motifs is 4. The van der Waals surface area contributed by atoms with Crippen LogP contribution in [-0.4, -0.2) is 49.7 Å². The maximum atomic E-state index is 13.3. The first-order valence-corrected chi connectivity index (χ1v) is 13.4. The SMILES string of the molecule is CCCOc1ccc(C(=O)N2CCC3(CC2)Oc2ccccc2-n2cccc23)cc1S(C)(=O)=O. The second kappa shape index (κ2) is 8.51. The third-order valence-electron chi connectivity index (χ3n) is 6.56. The molecular formula is C26H28N2O5S. The van der Waals surface area contributed by atoms with Crippen LogP contribution in [-0.2, 0) is 15.4 Å². The summed E-state index contributed by atoms with van der Waals surface area (Å²) in [7, 11) is -3.55. The number of ether oxygens (including phenoxy) is 2. The number of piperidine rings is 1. The van der Waals surface area contributed by atoms with Crippen molar-refractivity contribution in [3.05, 3.63) is 72.1 Å². The summed E-state index contributed by atoms with van der Waals surface area (Å²) in [6.07, 6.45) is 5.23. The number of aromatic nitrogens is 1. The summed E-state index contributed by atoms with van der Waals surface area (Å²) >= 11 is 0. The molecule has 2 aliphatic rings. The number of hydrogen-bond donors (Lipinski definition) is 0. The Morgan fingerprint density at radius 3 is 2.59 bits per heavy atom. The molecule has 0 aliphatic carbocycles. The van der Waals surface area contributed by atoms with Crippen LogP contribution in [0.3, 0.4) is 0 Å². The average Bonchev–Trinajstić information content (AvgIpc) is 3.34. The quantitative estimate of drug-likeness (QED) is 0.547. The van der Waals surface area contributed by atoms with E-state index in [1.807, 2.05) is 43.5 Å². The van der Waals surface area contributed by atoms with Crippen molar-refractivity contribution in [3.63, 3.8) is 0 Å². The number of sulfone groups is 1. The summed E-state index contributed by atoms with van der Waals surface area (Å²) in [4.78, 5) is 15.1. The van der Waals surface area contributed by atoms with Crippen molar-refractivity contribution in [1.29, 1.82) is 0 Å². The Labute approximate surface area is 199 Å². The van der Waals surface area contributed by atoms with Crippen LogP contribution < -0.4 is 9.47 Å². The molecular weight excluding hydrogens is 452 g/mol. The van der Waals surface area contributed by atoms with Crippen LogP contribution in [0.15, 0.2) is 65.7 Å². The molecule has 2 aliphatic heterocycles. The van der Waals surface area contributed by atoms with Gasteiger partial charge in [-0.1, -0.05) is 19.1 Å². The maximum Gasteiger partial charge on any atom is 0.253 e. The normalized spacial score (nSPS) is 16.5. The van der Waals surface area contributed by atoms with Gasteiger partial charge in [-0.15, -0.1) is 0 Å². The van der Waals surface area contributed by atoms with Crippen molar-refractivity contribution in [2.24, 2.45) is 0 Å². The summed E-state index contributed by atoms with van der Waals surface area (Å²) in [6.45, 7) is 3.38. The predicted octanol–water partition coefficient (Wildman–Crippen LogP) is 4.19. The molecule has 1 aromatic heterocycles. The Kier molecular flexibility index (Phi) is 5.64. The Bertz CT molecular complexity index is 1340. The van der Waals surface area contributed by atoms with Crippen LogP contribution in [0.2, 0.25) is 0 Å². The Morgan fingerprint density at radius 2 is 1.85 bits per heavy atom. The molecule has 1 spiro atoms. The summed E-state index contributed by atoms with van der Waals surface area (Å²) in [6, 6.07) is 16.7. The van der Waals surface area contributed by atoms with Gasteiger partial charge in [0.15, 0.2) is 15.4 Å². The summed E-state index contributed by atoms with van der Waals surface area (Å²) in [5.41, 5.74) is 1.96. The van der Waals surface area contributed by atoms with Gasteiger partial charge in [-0.05, 0) is 48.9 Å². The van der Waals surface area contributed by atoms with Gasteiger partial charge in [0.25, 0.3) is 5.91 Å². The standard InChI is InChI=1S/C26H28N2O5S/c1-3-17-32-22-11-10-19(18-23(22)34(2,30)31)25(29)27-15-12-26(13-16-27)24-9-6-14-28(24)20-7-4-5-8-21(20)33-26/h4-11,14,18H,3,12-13,15-17H2,1-2H3. The fourth-order valence-corrected chi connectivity index (χ4v) is 5.67. The molecule has 8 heteroatoms. The van der Waals surface area contributed by atoms with Crippen molar-refractivity contribution < 1.29 is 22.7 Å². The van der Waals surface area contributed by atoms with Crippen LogP contribution in [0.25, 0.3) is 5.69 Å². The summed E-state index contributed by atoms with van der Waals surface area (Å²) < 4.78 is 39.0. The van der Waals surface area contributed by atoms with Gasteiger partial charge >= 0.3 is 0 Å². The lowest BCUT2D eigenvalue weighted by molar-refractivity contribution is -0.00931. The Hall–Kier alpha value is -3.26. The first-order valence-electron chi connectivity index (χ1n) is 11.5. The number of para-hydroxylation sites is 2. The number of hydrogen-bond acceptors (Lipinski definition) is 5. The Morgan fingerprint density at radius 1 is 1.09 bits per heavy atom. The lowest BCUT2D eigenvalue weighted by atomic mass is 9.86. The highest BCUT2D eigenvalue weighted by Gasteiger charge is 2.44. The van der Waals surface area contributed by atoms with E-state index in [-0.39, 0.29) is 16.6 Å². The molecule has 0 atom stereocenters. The van der Waals surface area contributed by atoms with E-state index >= 15 is 0 Å². The van der Waals surface area contributed by atoms with Crippen molar-refractivity contribution in [2.75, 3.05) is 26.0 Å². The van der Waals surface area contributed by atoms with Crippen LogP contribution in [0, 0.1) is 0 Å². The molecule has 5 rings (SSSR count). The van der Waals surface area contributed by atoms with Gasteiger partial charge in [0.2, 0.25) is 0 Å². The smallest absolute Gasteiger partial charge is 0.253 e. The number of rotatable bonds is 5. The number of amides is 1. The molecule has 3 aromatic rings. The van der Waals surface area contributed by atoms with Crippen LogP contribution >= 0.6 is 0 Å². The minimum atomic E-state index is -3.55. The molecule has 3 heterocycles. The number of nitrogens with zero attached hydrogens (tertiary/aromatic N) is 2. The average molecular weight is 481 g/mol. The van der Waals surface area contributed by atoms with Crippen molar-refractivity contribution in [1.82, 2.24) is 9.47 Å². The number of likely N-dealkylation sites (tertiary alicyclic amines) is 1. The molecule has 0 saturated carbocycles. The largest absolute Gasteiger partial charge is 0.492 e. The molecule has 0 radical (unpaired) electrons. The third-order valence-corrected chi connectivity index (χ3v) is 7.67. The van der Waals surface area contributed by atoms with E-state index in [9.17, 15) is 13.2 Å². The third kappa shape index (κ3) is 3.86. The molecule has 1 fully saturated rings. The number of carbonyl (C=O) groups is 1. The second-order valence-electron chi connectivity index (χ2n) is 8.90. The maximum absolute atomic E-state index is 13.3. The van der Waals surface area contributed by atoms with E-state index in [1.54, 1.807) is 17.0 Å². The Balaban J connectivity index is 1.37. The summed E-state index contributed by atoms with van der Waals surface area (Å²) in [5, 5.41) is 0. The van der Waals surface area contributed by atoms with E-state index in [2.05, 4.69) is 10.6 Å². The molecule has 0 unspecified atom stereocenters. The highest BCUT2D eigenvalue weighted by molar-refractivity contribution is 7.90. The zero-order chi connectivity index (χ0) is 23.9. The van der Waals surface area contributed by atoms with E-state index in [1.165, 1.54) is 6.07 Å². The van der Waals surface area contributed by atoms with Crippen LogP contribution in [0.4, 0.5) is 0 Å². The minimum absolute atomic E-state index is 0.0466. The molecule has 2 aromatic carbocycles. The molecule has 7 nitrogen and oxygen atoms in total. The first-order chi connectivity index (χ1) is 16.3. The summed E-state index contributed by atoms with van der Waals surface area (Å²) in [5.74, 6) is 0.938. The van der Waals surface area contributed by atoms with Gasteiger partial charge in [0, 0.05) is 43.9 Å². The van der Waals surface area contributed by atoms with Crippen molar-refractivity contribution >= 4 is 15.7 Å². The zero-order valence-electron chi connectivity index (χ0n) is 19.4.